The lowest BCUT2D eigenvalue weighted by molar-refractivity contribution is -0.147. The van der Waals surface area contributed by atoms with E-state index in [-0.39, 0.29) is 48.0 Å². The molecule has 2 aliphatic rings. The number of hydrogen-bond donors (Lipinski definition) is 3. The number of amides is 1. The fraction of sp³-hybridized carbons (Fsp3) is 0.619. The second-order valence-electron chi connectivity index (χ2n) is 8.56. The van der Waals surface area contributed by atoms with Crippen molar-refractivity contribution in [2.45, 2.75) is 44.9 Å². The van der Waals surface area contributed by atoms with Crippen LogP contribution < -0.4 is 10.6 Å². The fourth-order valence-corrected chi connectivity index (χ4v) is 4.92. The van der Waals surface area contributed by atoms with Gasteiger partial charge in [0.2, 0.25) is 5.91 Å². The maximum absolute atomic E-state index is 13.5. The maximum Gasteiger partial charge on any atom is 0.416 e. The Morgan fingerprint density at radius 1 is 1.32 bits per heavy atom. The number of nitrogens with zero attached hydrogens (tertiary/aromatic N) is 1. The number of halogens is 4. The highest BCUT2D eigenvalue weighted by Gasteiger charge is 2.52. The zero-order chi connectivity index (χ0) is 22.8. The van der Waals surface area contributed by atoms with Crippen molar-refractivity contribution in [3.8, 4) is 0 Å². The van der Waals surface area contributed by atoms with Gasteiger partial charge in [-0.05, 0) is 49.5 Å². The standard InChI is InChI=1S/C21H27ClF3N3O3/c1-13-10-28(11-15-16(21(23,24)25)3-2-4-17(15)22)12-20(13,9-18(29)30)19(31)27-14-5-7-26-8-6-14/h2-4,13-14,26H,5-12H2,1H3,(H,27,31)(H,29,30)/t13-,20+/m0/s1. The van der Waals surface area contributed by atoms with Gasteiger partial charge in [0.05, 0.1) is 17.4 Å². The molecule has 31 heavy (non-hydrogen) atoms. The zero-order valence-electron chi connectivity index (χ0n) is 17.3. The van der Waals surface area contributed by atoms with E-state index in [0.717, 1.165) is 32.0 Å². The molecular weight excluding hydrogens is 435 g/mol. The summed E-state index contributed by atoms with van der Waals surface area (Å²) in [6, 6.07) is 3.60. The number of carboxylic acid groups (broad SMARTS) is 1. The van der Waals surface area contributed by atoms with E-state index in [2.05, 4.69) is 10.6 Å². The highest BCUT2D eigenvalue weighted by Crippen LogP contribution is 2.42. The van der Waals surface area contributed by atoms with Crippen LogP contribution in [0.1, 0.15) is 37.3 Å². The Bertz CT molecular complexity index is 830. The summed E-state index contributed by atoms with van der Waals surface area (Å²) in [6.45, 7) is 3.56. The van der Waals surface area contributed by atoms with E-state index < -0.39 is 23.1 Å². The van der Waals surface area contributed by atoms with Crippen molar-refractivity contribution in [2.24, 2.45) is 11.3 Å². The molecule has 2 atom stereocenters. The molecule has 2 aliphatic heterocycles. The minimum Gasteiger partial charge on any atom is -0.481 e. The Balaban J connectivity index is 1.83. The van der Waals surface area contributed by atoms with Gasteiger partial charge in [0.15, 0.2) is 0 Å². The van der Waals surface area contributed by atoms with Crippen molar-refractivity contribution < 1.29 is 27.9 Å². The predicted molar refractivity (Wildman–Crippen MR) is 110 cm³/mol. The summed E-state index contributed by atoms with van der Waals surface area (Å²) in [5.74, 6) is -1.79. The third-order valence-corrected chi connectivity index (χ3v) is 6.73. The van der Waals surface area contributed by atoms with Gasteiger partial charge in [0.1, 0.15) is 0 Å². The first-order chi connectivity index (χ1) is 14.5. The topological polar surface area (TPSA) is 81.7 Å². The normalized spacial score (nSPS) is 25.5. The summed E-state index contributed by atoms with van der Waals surface area (Å²) in [7, 11) is 0. The Hall–Kier alpha value is -1.84. The van der Waals surface area contributed by atoms with Crippen molar-refractivity contribution in [1.29, 1.82) is 0 Å². The largest absolute Gasteiger partial charge is 0.481 e. The number of likely N-dealkylation sites (tertiary alicyclic amines) is 1. The number of hydrogen-bond acceptors (Lipinski definition) is 4. The summed E-state index contributed by atoms with van der Waals surface area (Å²) in [5.41, 5.74) is -2.09. The van der Waals surface area contributed by atoms with Crippen molar-refractivity contribution in [3.05, 3.63) is 34.3 Å². The average molecular weight is 462 g/mol. The number of alkyl halides is 3. The molecule has 1 aromatic carbocycles. The molecule has 0 radical (unpaired) electrons. The molecule has 3 N–H and O–H groups in total. The monoisotopic (exact) mass is 461 g/mol. The van der Waals surface area contributed by atoms with Gasteiger partial charge < -0.3 is 15.7 Å². The Morgan fingerprint density at radius 2 is 2.00 bits per heavy atom. The maximum atomic E-state index is 13.5. The fourth-order valence-electron chi connectivity index (χ4n) is 4.68. The summed E-state index contributed by atoms with van der Waals surface area (Å²) < 4.78 is 40.4. The summed E-state index contributed by atoms with van der Waals surface area (Å²) in [6.07, 6.45) is -3.44. The van der Waals surface area contributed by atoms with Gasteiger partial charge in [-0.2, -0.15) is 13.2 Å². The minimum atomic E-state index is -4.56. The predicted octanol–water partition coefficient (Wildman–Crippen LogP) is 3.14. The minimum absolute atomic E-state index is 0.00244. The van der Waals surface area contributed by atoms with Crippen LogP contribution in [0.25, 0.3) is 0 Å². The van der Waals surface area contributed by atoms with E-state index in [1.54, 1.807) is 11.8 Å². The first-order valence-electron chi connectivity index (χ1n) is 10.3. The molecule has 0 spiro atoms. The Morgan fingerprint density at radius 3 is 2.61 bits per heavy atom. The molecule has 0 unspecified atom stereocenters. The number of carbonyl (C=O) groups is 2. The number of piperidine rings is 1. The van der Waals surface area contributed by atoms with Gasteiger partial charge >= 0.3 is 12.1 Å². The van der Waals surface area contributed by atoms with Crippen LogP contribution in [0.2, 0.25) is 5.02 Å². The molecule has 172 valence electrons. The van der Waals surface area contributed by atoms with Crippen molar-refractivity contribution in [3.63, 3.8) is 0 Å². The molecule has 0 saturated carbocycles. The highest BCUT2D eigenvalue weighted by molar-refractivity contribution is 6.31. The van der Waals surface area contributed by atoms with Crippen molar-refractivity contribution in [2.75, 3.05) is 26.2 Å². The second-order valence-corrected chi connectivity index (χ2v) is 8.97. The van der Waals surface area contributed by atoms with Gasteiger partial charge in [-0.1, -0.05) is 24.6 Å². The number of benzene rings is 1. The smallest absolute Gasteiger partial charge is 0.416 e. The molecule has 1 amide bonds. The van der Waals surface area contributed by atoms with Crippen LogP contribution in [0.15, 0.2) is 18.2 Å². The van der Waals surface area contributed by atoms with Gasteiger partial charge in [0, 0.05) is 30.7 Å². The van der Waals surface area contributed by atoms with E-state index in [1.165, 1.54) is 12.1 Å². The van der Waals surface area contributed by atoms with Gasteiger partial charge in [0.25, 0.3) is 0 Å². The first kappa shape index (κ1) is 23.8. The van der Waals surface area contributed by atoms with Gasteiger partial charge in [-0.25, -0.2) is 0 Å². The third-order valence-electron chi connectivity index (χ3n) is 6.38. The SMILES string of the molecule is C[C@H]1CN(Cc2c(Cl)cccc2C(F)(F)F)C[C@@]1(CC(=O)O)C(=O)NC1CCNCC1. The Kier molecular flexibility index (Phi) is 7.18. The van der Waals surface area contributed by atoms with Gasteiger partial charge in [-0.3, -0.25) is 14.5 Å². The molecule has 2 fully saturated rings. The second kappa shape index (κ2) is 9.34. The number of rotatable bonds is 6. The van der Waals surface area contributed by atoms with Crippen LogP contribution in [0.4, 0.5) is 13.2 Å². The molecule has 10 heteroatoms. The summed E-state index contributed by atoms with van der Waals surface area (Å²) in [4.78, 5) is 26.6. The number of carboxylic acids is 1. The van der Waals surface area contributed by atoms with E-state index >= 15 is 0 Å². The molecule has 3 rings (SSSR count). The highest BCUT2D eigenvalue weighted by atomic mass is 35.5. The van der Waals surface area contributed by atoms with Crippen LogP contribution in [0.3, 0.4) is 0 Å². The van der Waals surface area contributed by atoms with E-state index in [0.29, 0.717) is 6.54 Å². The average Bonchev–Trinajstić information content (AvgIpc) is 2.98. The number of nitrogens with one attached hydrogen (secondary N) is 2. The summed E-state index contributed by atoms with van der Waals surface area (Å²) >= 11 is 6.09. The third kappa shape index (κ3) is 5.32. The lowest BCUT2D eigenvalue weighted by atomic mass is 9.75. The molecular formula is C21H27ClF3N3O3. The first-order valence-corrected chi connectivity index (χ1v) is 10.7. The van der Waals surface area contributed by atoms with E-state index in [1.807, 2.05) is 0 Å². The molecule has 0 aromatic heterocycles. The lowest BCUT2D eigenvalue weighted by Crippen LogP contribution is -2.52. The van der Waals surface area contributed by atoms with Crippen molar-refractivity contribution in [1.82, 2.24) is 15.5 Å². The van der Waals surface area contributed by atoms with Crippen molar-refractivity contribution >= 4 is 23.5 Å². The van der Waals surface area contributed by atoms with E-state index in [4.69, 9.17) is 11.6 Å². The van der Waals surface area contributed by atoms with Crippen LogP contribution in [-0.4, -0.2) is 54.1 Å². The quantitative estimate of drug-likeness (QED) is 0.606. The molecule has 0 bridgehead atoms. The number of carbonyl (C=O) groups excluding carboxylic acids is 1. The van der Waals surface area contributed by atoms with Crippen LogP contribution in [0, 0.1) is 11.3 Å². The van der Waals surface area contributed by atoms with Gasteiger partial charge in [-0.15, -0.1) is 0 Å². The summed E-state index contributed by atoms with van der Waals surface area (Å²) in [5, 5.41) is 15.7. The zero-order valence-corrected chi connectivity index (χ0v) is 18.0. The Labute approximate surface area is 184 Å². The molecule has 2 heterocycles. The van der Waals surface area contributed by atoms with E-state index in [9.17, 15) is 27.9 Å². The molecule has 1 aromatic rings. The molecule has 2 saturated heterocycles. The number of aliphatic carboxylic acids is 1. The van der Waals surface area contributed by atoms with Crippen LogP contribution in [-0.2, 0) is 22.3 Å². The molecule has 6 nitrogen and oxygen atoms in total. The van der Waals surface area contributed by atoms with Crippen LogP contribution in [0.5, 0.6) is 0 Å². The lowest BCUT2D eigenvalue weighted by Gasteiger charge is -2.33. The molecule has 0 aliphatic carbocycles. The van der Waals surface area contributed by atoms with Crippen LogP contribution >= 0.6 is 11.6 Å².